The van der Waals surface area contributed by atoms with Gasteiger partial charge < -0.3 is 15.0 Å². The first kappa shape index (κ1) is 18.5. The van der Waals surface area contributed by atoms with E-state index >= 15 is 0 Å². The summed E-state index contributed by atoms with van der Waals surface area (Å²) in [4.78, 5) is 4.12. The number of halogens is 1. The fourth-order valence-corrected chi connectivity index (χ4v) is 2.99. The number of hydrogen-bond acceptors (Lipinski definition) is 3. The Kier molecular flexibility index (Phi) is 6.69. The molecule has 0 amide bonds. The summed E-state index contributed by atoms with van der Waals surface area (Å²) >= 11 is 5.96. The smallest absolute Gasteiger partial charge is 0.0946 e. The molecule has 0 fully saturated rings. The maximum atomic E-state index is 6.19. The lowest BCUT2D eigenvalue weighted by atomic mass is 10.1. The molecule has 1 unspecified atom stereocenters. The second kappa shape index (κ2) is 9.41. The Morgan fingerprint density at radius 2 is 1.69 bits per heavy atom. The zero-order valence-corrected chi connectivity index (χ0v) is 15.5. The number of aromatic nitrogens is 2. The van der Waals surface area contributed by atoms with Crippen LogP contribution in [0.2, 0.25) is 5.02 Å². The molecule has 0 aliphatic heterocycles. The zero-order chi connectivity index (χ0) is 18.2. The maximum Gasteiger partial charge on any atom is 0.0946 e. The first-order valence-electron chi connectivity index (χ1n) is 8.85. The molecule has 0 spiro atoms. The van der Waals surface area contributed by atoms with Crippen molar-refractivity contribution < 1.29 is 4.74 Å². The van der Waals surface area contributed by atoms with Gasteiger partial charge in [0.1, 0.15) is 0 Å². The van der Waals surface area contributed by atoms with Gasteiger partial charge in [0.2, 0.25) is 0 Å². The van der Waals surface area contributed by atoms with Crippen LogP contribution in [-0.2, 0) is 24.1 Å². The van der Waals surface area contributed by atoms with Gasteiger partial charge in [-0.05, 0) is 54.7 Å². The van der Waals surface area contributed by atoms with Crippen LogP contribution in [0.1, 0.15) is 17.5 Å². The monoisotopic (exact) mass is 369 g/mol. The quantitative estimate of drug-likeness (QED) is 0.569. The largest absolute Gasteiger partial charge is 0.399 e. The Bertz CT molecular complexity index is 770. The highest BCUT2D eigenvalue weighted by Gasteiger charge is 2.11. The number of nitrogen functional groups attached to an aromatic ring is 1. The predicted octanol–water partition coefficient (Wildman–Crippen LogP) is 4.38. The van der Waals surface area contributed by atoms with E-state index < -0.39 is 0 Å². The highest BCUT2D eigenvalue weighted by Crippen LogP contribution is 2.14. The van der Waals surface area contributed by atoms with Crippen LogP contribution >= 0.6 is 11.6 Å². The Balaban J connectivity index is 1.53. The summed E-state index contributed by atoms with van der Waals surface area (Å²) in [5.74, 6) is 0. The van der Waals surface area contributed by atoms with E-state index in [1.807, 2.05) is 36.8 Å². The summed E-state index contributed by atoms with van der Waals surface area (Å²) in [6.45, 7) is 1.49. The zero-order valence-electron chi connectivity index (χ0n) is 14.7. The number of benzene rings is 2. The fraction of sp³-hybridized carbons (Fsp3) is 0.286. The molecule has 5 heteroatoms. The Morgan fingerprint density at radius 1 is 1.00 bits per heavy atom. The minimum absolute atomic E-state index is 0.133. The number of hydrogen-bond donors (Lipinski definition) is 1. The summed E-state index contributed by atoms with van der Waals surface area (Å²) in [6, 6.07) is 16.0. The van der Waals surface area contributed by atoms with Crippen molar-refractivity contribution in [2.45, 2.75) is 31.9 Å². The molecule has 26 heavy (non-hydrogen) atoms. The third-order valence-corrected chi connectivity index (χ3v) is 4.62. The molecular weight excluding hydrogens is 346 g/mol. The van der Waals surface area contributed by atoms with Crippen molar-refractivity contribution in [1.82, 2.24) is 9.55 Å². The van der Waals surface area contributed by atoms with Crippen LogP contribution in [0.3, 0.4) is 0 Å². The average Bonchev–Trinajstić information content (AvgIpc) is 3.15. The molecule has 4 nitrogen and oxygen atoms in total. The van der Waals surface area contributed by atoms with Gasteiger partial charge in [-0.15, -0.1) is 0 Å². The van der Waals surface area contributed by atoms with Crippen molar-refractivity contribution in [3.8, 4) is 0 Å². The van der Waals surface area contributed by atoms with Crippen molar-refractivity contribution in [3.05, 3.63) is 83.4 Å². The minimum Gasteiger partial charge on any atom is -0.399 e. The molecule has 1 aromatic heterocycles. The van der Waals surface area contributed by atoms with Crippen LogP contribution in [0.25, 0.3) is 0 Å². The number of aryl methyl sites for hydroxylation is 1. The van der Waals surface area contributed by atoms with Crippen molar-refractivity contribution in [2.24, 2.45) is 0 Å². The highest BCUT2D eigenvalue weighted by atomic mass is 35.5. The molecule has 2 N–H and O–H groups in total. The average molecular weight is 370 g/mol. The summed E-state index contributed by atoms with van der Waals surface area (Å²) in [5, 5.41) is 0.767. The lowest BCUT2D eigenvalue weighted by Gasteiger charge is -2.19. The van der Waals surface area contributed by atoms with Crippen molar-refractivity contribution >= 4 is 17.3 Å². The topological polar surface area (TPSA) is 53.1 Å². The van der Waals surface area contributed by atoms with E-state index in [2.05, 4.69) is 33.8 Å². The van der Waals surface area contributed by atoms with Crippen molar-refractivity contribution in [2.75, 3.05) is 12.3 Å². The Labute approximate surface area is 159 Å². The molecule has 3 aromatic rings. The van der Waals surface area contributed by atoms with E-state index in [4.69, 9.17) is 22.1 Å². The first-order valence-corrected chi connectivity index (χ1v) is 9.23. The molecule has 0 saturated carbocycles. The number of anilines is 1. The lowest BCUT2D eigenvalue weighted by Crippen LogP contribution is -2.21. The molecular formula is C21H24ClN3O. The highest BCUT2D eigenvalue weighted by molar-refractivity contribution is 6.30. The van der Waals surface area contributed by atoms with Gasteiger partial charge in [-0.3, -0.25) is 0 Å². The Hall–Kier alpha value is -2.30. The standard InChI is InChI=1S/C21H24ClN3O/c22-19-6-1-17(2-7-19)5-10-21(15-25-13-12-24-16-25)26-14-11-18-3-8-20(23)9-4-18/h1-4,6-9,12-13,16,21H,5,10-11,14-15,23H2. The molecule has 1 heterocycles. The number of nitrogens with zero attached hydrogens (tertiary/aromatic N) is 2. The summed E-state index contributed by atoms with van der Waals surface area (Å²) in [6.07, 6.45) is 8.51. The lowest BCUT2D eigenvalue weighted by molar-refractivity contribution is 0.0379. The first-order chi connectivity index (χ1) is 12.7. The summed E-state index contributed by atoms with van der Waals surface area (Å²) in [7, 11) is 0. The molecule has 0 aliphatic carbocycles. The van der Waals surface area contributed by atoms with Gasteiger partial charge in [-0.25, -0.2) is 4.98 Å². The van der Waals surface area contributed by atoms with Gasteiger partial charge in [0, 0.05) is 29.6 Å². The fourth-order valence-electron chi connectivity index (χ4n) is 2.86. The van der Waals surface area contributed by atoms with Gasteiger partial charge in [0.05, 0.1) is 19.0 Å². The van der Waals surface area contributed by atoms with E-state index in [9.17, 15) is 0 Å². The van der Waals surface area contributed by atoms with Crippen LogP contribution in [-0.4, -0.2) is 22.3 Å². The molecule has 0 aliphatic rings. The van der Waals surface area contributed by atoms with Crippen LogP contribution in [0, 0.1) is 0 Å². The number of rotatable bonds is 9. The van der Waals surface area contributed by atoms with Gasteiger partial charge in [0.15, 0.2) is 0 Å². The molecule has 0 saturated heterocycles. The number of imidazole rings is 1. The number of ether oxygens (including phenoxy) is 1. The van der Waals surface area contributed by atoms with Crippen LogP contribution in [0.15, 0.2) is 67.3 Å². The third-order valence-electron chi connectivity index (χ3n) is 4.37. The van der Waals surface area contributed by atoms with Gasteiger partial charge in [-0.1, -0.05) is 35.9 Å². The van der Waals surface area contributed by atoms with Crippen molar-refractivity contribution in [1.29, 1.82) is 0 Å². The van der Waals surface area contributed by atoms with E-state index in [-0.39, 0.29) is 6.10 Å². The number of nitrogens with two attached hydrogens (primary N) is 1. The summed E-state index contributed by atoms with van der Waals surface area (Å²) in [5.41, 5.74) is 9.03. The predicted molar refractivity (Wildman–Crippen MR) is 106 cm³/mol. The summed E-state index contributed by atoms with van der Waals surface area (Å²) < 4.78 is 8.25. The van der Waals surface area contributed by atoms with E-state index in [1.165, 1.54) is 11.1 Å². The second-order valence-corrected chi connectivity index (χ2v) is 6.85. The van der Waals surface area contributed by atoms with E-state index in [1.54, 1.807) is 6.20 Å². The van der Waals surface area contributed by atoms with Gasteiger partial charge in [0.25, 0.3) is 0 Å². The van der Waals surface area contributed by atoms with E-state index in [0.29, 0.717) is 6.61 Å². The van der Waals surface area contributed by atoms with Crippen LogP contribution in [0.5, 0.6) is 0 Å². The van der Waals surface area contributed by atoms with Crippen LogP contribution < -0.4 is 5.73 Å². The molecule has 1 atom stereocenters. The SMILES string of the molecule is Nc1ccc(CCOC(CCc2ccc(Cl)cc2)Cn2ccnc2)cc1. The Morgan fingerprint density at radius 3 is 2.38 bits per heavy atom. The molecule has 3 rings (SSSR count). The minimum atomic E-state index is 0.133. The van der Waals surface area contributed by atoms with Gasteiger partial charge >= 0.3 is 0 Å². The molecule has 0 bridgehead atoms. The normalized spacial score (nSPS) is 12.2. The molecule has 136 valence electrons. The van der Waals surface area contributed by atoms with Crippen LogP contribution in [0.4, 0.5) is 5.69 Å². The molecule has 2 aromatic carbocycles. The third kappa shape index (κ3) is 5.90. The second-order valence-electron chi connectivity index (χ2n) is 6.41. The van der Waals surface area contributed by atoms with Crippen molar-refractivity contribution in [3.63, 3.8) is 0 Å². The molecule has 0 radical (unpaired) electrons. The van der Waals surface area contributed by atoms with E-state index in [0.717, 1.165) is 36.5 Å². The maximum absolute atomic E-state index is 6.19. The van der Waals surface area contributed by atoms with Gasteiger partial charge in [-0.2, -0.15) is 0 Å².